The van der Waals surface area contributed by atoms with Gasteiger partial charge in [0.15, 0.2) is 0 Å². The first-order valence-corrected chi connectivity index (χ1v) is 3.76. The third kappa shape index (κ3) is 1.73. The lowest BCUT2D eigenvalue weighted by Crippen LogP contribution is -2.26. The third-order valence-electron chi connectivity index (χ3n) is 1.66. The minimum absolute atomic E-state index is 0.0982. The summed E-state index contributed by atoms with van der Waals surface area (Å²) in [6.07, 6.45) is 0. The van der Waals surface area contributed by atoms with Crippen LogP contribution in [0.15, 0.2) is 4.52 Å². The predicted octanol–water partition coefficient (Wildman–Crippen LogP) is 0.698. The van der Waals surface area contributed by atoms with E-state index in [4.69, 9.17) is 16.0 Å². The summed E-state index contributed by atoms with van der Waals surface area (Å²) in [5.74, 6) is 0.518. The van der Waals surface area contributed by atoms with Crippen molar-refractivity contribution < 1.29 is 4.52 Å². The number of nitrogen functional groups attached to an aromatic ring is 1. The maximum Gasteiger partial charge on any atom is 0.260 e. The maximum absolute atomic E-state index is 5.83. The van der Waals surface area contributed by atoms with Gasteiger partial charge >= 0.3 is 0 Å². The van der Waals surface area contributed by atoms with Crippen molar-refractivity contribution in [1.29, 1.82) is 0 Å². The monoisotopic (exact) mass is 170 g/mol. The van der Waals surface area contributed by atoms with Gasteiger partial charge in [-0.2, -0.15) is 4.98 Å². The highest BCUT2D eigenvalue weighted by Gasteiger charge is 2.27. The van der Waals surface area contributed by atoms with E-state index in [2.05, 4.69) is 10.1 Å². The molecule has 1 aromatic rings. The predicted molar refractivity (Wildman–Crippen MR) is 45.1 cm³/mol. The van der Waals surface area contributed by atoms with E-state index in [0.29, 0.717) is 5.89 Å². The van der Waals surface area contributed by atoms with E-state index < -0.39 is 0 Å². The number of rotatable bonds is 1. The molecule has 0 saturated carbocycles. The van der Waals surface area contributed by atoms with E-state index in [1.165, 1.54) is 0 Å². The van der Waals surface area contributed by atoms with Gasteiger partial charge in [0.05, 0.1) is 6.04 Å². The van der Waals surface area contributed by atoms with Crippen LogP contribution in [0.4, 0.5) is 5.95 Å². The zero-order valence-corrected chi connectivity index (χ0v) is 7.53. The molecule has 0 radical (unpaired) electrons. The van der Waals surface area contributed by atoms with Gasteiger partial charge in [0, 0.05) is 0 Å². The van der Waals surface area contributed by atoms with Crippen molar-refractivity contribution in [3.63, 3.8) is 0 Å². The van der Waals surface area contributed by atoms with Gasteiger partial charge in [0.2, 0.25) is 5.89 Å². The summed E-state index contributed by atoms with van der Waals surface area (Å²) in [6.45, 7) is 5.99. The summed E-state index contributed by atoms with van der Waals surface area (Å²) in [5.41, 5.74) is 11.0. The van der Waals surface area contributed by atoms with Gasteiger partial charge in [-0.25, -0.2) is 0 Å². The molecule has 4 N–H and O–H groups in total. The van der Waals surface area contributed by atoms with Crippen LogP contribution in [0, 0.1) is 5.41 Å². The van der Waals surface area contributed by atoms with Crippen molar-refractivity contribution in [2.24, 2.45) is 11.1 Å². The minimum Gasteiger partial charge on any atom is -0.365 e. The SMILES string of the molecule is CC(C)(C)[C@H](N)c1nc(N)no1. The molecule has 0 aliphatic heterocycles. The van der Waals surface area contributed by atoms with Crippen LogP contribution in [0.25, 0.3) is 0 Å². The Kier molecular flexibility index (Phi) is 2.06. The Balaban J connectivity index is 2.85. The van der Waals surface area contributed by atoms with Gasteiger partial charge in [0.25, 0.3) is 5.95 Å². The molecular weight excluding hydrogens is 156 g/mol. The molecule has 1 heterocycles. The van der Waals surface area contributed by atoms with E-state index in [9.17, 15) is 0 Å². The molecule has 0 fully saturated rings. The van der Waals surface area contributed by atoms with Crippen molar-refractivity contribution >= 4 is 5.95 Å². The van der Waals surface area contributed by atoms with Gasteiger partial charge in [-0.15, -0.1) is 0 Å². The van der Waals surface area contributed by atoms with Crippen molar-refractivity contribution in [3.8, 4) is 0 Å². The topological polar surface area (TPSA) is 91.0 Å². The summed E-state index contributed by atoms with van der Waals surface area (Å²) >= 11 is 0. The Morgan fingerprint density at radius 2 is 2.00 bits per heavy atom. The fourth-order valence-electron chi connectivity index (χ4n) is 0.744. The quantitative estimate of drug-likeness (QED) is 0.647. The lowest BCUT2D eigenvalue weighted by Gasteiger charge is -2.23. The number of nitrogens with two attached hydrogens (primary N) is 2. The van der Waals surface area contributed by atoms with Gasteiger partial charge in [-0.3, -0.25) is 0 Å². The molecule has 5 heteroatoms. The maximum atomic E-state index is 5.83. The summed E-state index contributed by atoms with van der Waals surface area (Å²) in [6, 6.07) is -0.276. The minimum atomic E-state index is -0.276. The molecule has 68 valence electrons. The average molecular weight is 170 g/mol. The van der Waals surface area contributed by atoms with E-state index in [1.54, 1.807) is 0 Å². The fourth-order valence-corrected chi connectivity index (χ4v) is 0.744. The molecule has 5 nitrogen and oxygen atoms in total. The molecule has 0 bridgehead atoms. The Bertz CT molecular complexity index is 263. The van der Waals surface area contributed by atoms with E-state index in [0.717, 1.165) is 0 Å². The zero-order valence-electron chi connectivity index (χ0n) is 7.53. The van der Waals surface area contributed by atoms with Gasteiger partial charge < -0.3 is 16.0 Å². The van der Waals surface area contributed by atoms with Crippen molar-refractivity contribution in [2.75, 3.05) is 5.73 Å². The normalized spacial score (nSPS) is 14.7. The summed E-state index contributed by atoms with van der Waals surface area (Å²) < 4.78 is 4.84. The van der Waals surface area contributed by atoms with Gasteiger partial charge in [0.1, 0.15) is 0 Å². The molecule has 1 rings (SSSR count). The van der Waals surface area contributed by atoms with Crippen molar-refractivity contribution in [2.45, 2.75) is 26.8 Å². The first kappa shape index (κ1) is 8.99. The van der Waals surface area contributed by atoms with Crippen LogP contribution < -0.4 is 11.5 Å². The Hall–Kier alpha value is -1.10. The third-order valence-corrected chi connectivity index (χ3v) is 1.66. The van der Waals surface area contributed by atoms with E-state index >= 15 is 0 Å². The van der Waals surface area contributed by atoms with Crippen molar-refractivity contribution in [1.82, 2.24) is 10.1 Å². The largest absolute Gasteiger partial charge is 0.365 e. The fraction of sp³-hybridized carbons (Fsp3) is 0.714. The van der Waals surface area contributed by atoms with Crippen LogP contribution in [0.3, 0.4) is 0 Å². The highest BCUT2D eigenvalue weighted by molar-refractivity contribution is 5.12. The molecule has 0 aliphatic carbocycles. The van der Waals surface area contributed by atoms with Gasteiger partial charge in [-0.05, 0) is 10.6 Å². The average Bonchev–Trinajstić information content (AvgIpc) is 2.32. The molecule has 0 aromatic carbocycles. The molecule has 1 atom stereocenters. The van der Waals surface area contributed by atoms with Crippen molar-refractivity contribution in [3.05, 3.63) is 5.89 Å². The Morgan fingerprint density at radius 3 is 2.33 bits per heavy atom. The molecule has 0 amide bonds. The molecule has 0 spiro atoms. The Morgan fingerprint density at radius 1 is 1.42 bits per heavy atom. The standard InChI is InChI=1S/C7H14N4O/c1-7(2,3)4(8)5-10-6(9)11-12-5/h4H,8H2,1-3H3,(H2,9,11)/t4-/m1/s1. The number of anilines is 1. The Labute approximate surface area is 71.1 Å². The zero-order chi connectivity index (χ0) is 9.35. The second-order valence-corrected chi connectivity index (χ2v) is 3.83. The molecular formula is C7H14N4O. The highest BCUT2D eigenvalue weighted by Crippen LogP contribution is 2.29. The number of nitrogens with zero attached hydrogens (tertiary/aromatic N) is 2. The van der Waals surface area contributed by atoms with E-state index in [1.807, 2.05) is 20.8 Å². The number of hydrogen-bond donors (Lipinski definition) is 2. The van der Waals surface area contributed by atoms with Crippen LogP contribution in [-0.2, 0) is 0 Å². The van der Waals surface area contributed by atoms with Gasteiger partial charge in [-0.1, -0.05) is 20.8 Å². The van der Waals surface area contributed by atoms with Crippen LogP contribution in [0.5, 0.6) is 0 Å². The van der Waals surface area contributed by atoms with Crippen LogP contribution in [0.2, 0.25) is 0 Å². The van der Waals surface area contributed by atoms with Crippen LogP contribution >= 0.6 is 0 Å². The summed E-state index contributed by atoms with van der Waals surface area (Å²) in [4.78, 5) is 3.85. The molecule has 1 aromatic heterocycles. The first-order chi connectivity index (χ1) is 5.41. The smallest absolute Gasteiger partial charge is 0.260 e. The lowest BCUT2D eigenvalue weighted by atomic mass is 9.87. The van der Waals surface area contributed by atoms with Crippen LogP contribution in [0.1, 0.15) is 32.7 Å². The second kappa shape index (κ2) is 2.75. The van der Waals surface area contributed by atoms with Crippen LogP contribution in [-0.4, -0.2) is 10.1 Å². The molecule has 0 saturated heterocycles. The summed E-state index contributed by atoms with van der Waals surface area (Å²) in [5, 5.41) is 3.46. The summed E-state index contributed by atoms with van der Waals surface area (Å²) in [7, 11) is 0. The second-order valence-electron chi connectivity index (χ2n) is 3.83. The molecule has 0 unspecified atom stereocenters. The number of aromatic nitrogens is 2. The highest BCUT2D eigenvalue weighted by atomic mass is 16.5. The first-order valence-electron chi connectivity index (χ1n) is 3.76. The number of hydrogen-bond acceptors (Lipinski definition) is 5. The van der Waals surface area contributed by atoms with E-state index in [-0.39, 0.29) is 17.4 Å². The molecule has 12 heavy (non-hydrogen) atoms. The lowest BCUT2D eigenvalue weighted by molar-refractivity contribution is 0.253. The molecule has 0 aliphatic rings.